The second kappa shape index (κ2) is 10.3. The molecule has 1 amide bonds. The van der Waals surface area contributed by atoms with Gasteiger partial charge in [0.1, 0.15) is 17.3 Å². The highest BCUT2D eigenvalue weighted by Gasteiger charge is 2.48. The Kier molecular flexibility index (Phi) is 7.10. The number of methoxy groups -OCH3 is 3. The number of aliphatic hydroxyl groups is 1. The van der Waals surface area contributed by atoms with Gasteiger partial charge in [-0.1, -0.05) is 5.16 Å². The number of carbonyl (C=O) groups excluding carboxylic acids is 2. The number of aromatic nitrogens is 1. The molecule has 10 heteroatoms. The lowest BCUT2D eigenvalue weighted by Gasteiger charge is -2.24. The highest BCUT2D eigenvalue weighted by Crippen LogP contribution is 2.47. The molecule has 1 aliphatic heterocycles. The zero-order valence-electron chi connectivity index (χ0n) is 21.4. The van der Waals surface area contributed by atoms with Gasteiger partial charge >= 0.3 is 5.91 Å². The number of anilines is 1. The van der Waals surface area contributed by atoms with E-state index in [-0.39, 0.29) is 23.3 Å². The number of carbonyl (C=O) groups is 2. The van der Waals surface area contributed by atoms with Crippen molar-refractivity contribution in [2.45, 2.75) is 32.9 Å². The molecular weight excluding hydrogens is 480 g/mol. The number of benzene rings is 2. The summed E-state index contributed by atoms with van der Waals surface area (Å²) in [4.78, 5) is 27.8. The van der Waals surface area contributed by atoms with Crippen LogP contribution < -0.4 is 23.8 Å². The SMILES string of the molecule is COc1cc([C@H]2C(=C(O)c3ccc(OC(C)C)cc3)C(=O)C(=O)N2c2cc(C)on2)cc(OC)c1OC. The van der Waals surface area contributed by atoms with Gasteiger partial charge in [-0.15, -0.1) is 0 Å². The first-order valence-electron chi connectivity index (χ1n) is 11.5. The predicted octanol–water partition coefficient (Wildman–Crippen LogP) is 4.42. The molecule has 4 rings (SSSR count). The van der Waals surface area contributed by atoms with Crippen molar-refractivity contribution in [3.05, 3.63) is 64.9 Å². The van der Waals surface area contributed by atoms with Crippen molar-refractivity contribution in [1.82, 2.24) is 5.16 Å². The second-order valence-corrected chi connectivity index (χ2v) is 8.61. The number of aryl methyl sites for hydroxylation is 1. The lowest BCUT2D eigenvalue weighted by atomic mass is 9.94. The van der Waals surface area contributed by atoms with Crippen molar-refractivity contribution in [2.75, 3.05) is 26.2 Å². The minimum atomic E-state index is -1.07. The van der Waals surface area contributed by atoms with Crippen LogP contribution in [0.1, 0.15) is 36.8 Å². The highest BCUT2D eigenvalue weighted by atomic mass is 16.5. The molecule has 0 radical (unpaired) electrons. The van der Waals surface area contributed by atoms with Crippen molar-refractivity contribution < 1.29 is 38.2 Å². The number of hydrogen-bond donors (Lipinski definition) is 1. The summed E-state index contributed by atoms with van der Waals surface area (Å²) >= 11 is 0. The Morgan fingerprint density at radius 1 is 1.00 bits per heavy atom. The molecule has 0 spiro atoms. The van der Waals surface area contributed by atoms with E-state index in [4.69, 9.17) is 23.5 Å². The molecule has 1 saturated heterocycles. The molecule has 1 aromatic heterocycles. The van der Waals surface area contributed by atoms with Crippen molar-refractivity contribution in [1.29, 1.82) is 0 Å². The van der Waals surface area contributed by atoms with E-state index < -0.39 is 17.7 Å². The zero-order chi connectivity index (χ0) is 26.9. The molecule has 1 atom stereocenters. The highest BCUT2D eigenvalue weighted by molar-refractivity contribution is 6.51. The lowest BCUT2D eigenvalue weighted by Crippen LogP contribution is -2.29. The Hall–Kier alpha value is -4.47. The van der Waals surface area contributed by atoms with E-state index >= 15 is 0 Å². The zero-order valence-corrected chi connectivity index (χ0v) is 21.4. The van der Waals surface area contributed by atoms with E-state index in [9.17, 15) is 14.7 Å². The number of amides is 1. The van der Waals surface area contributed by atoms with Crippen LogP contribution in [0.4, 0.5) is 5.82 Å². The fraction of sp³-hybridized carbons (Fsp3) is 0.296. The third-order valence-corrected chi connectivity index (χ3v) is 5.81. The first-order valence-corrected chi connectivity index (χ1v) is 11.5. The summed E-state index contributed by atoms with van der Waals surface area (Å²) in [5, 5.41) is 15.3. The number of ether oxygens (including phenoxy) is 4. The normalized spacial score (nSPS) is 16.8. The van der Waals surface area contributed by atoms with Crippen LogP contribution in [-0.4, -0.2) is 49.4 Å². The van der Waals surface area contributed by atoms with Gasteiger partial charge in [0.15, 0.2) is 17.3 Å². The second-order valence-electron chi connectivity index (χ2n) is 8.61. The Morgan fingerprint density at radius 3 is 2.11 bits per heavy atom. The van der Waals surface area contributed by atoms with Gasteiger partial charge in [-0.3, -0.25) is 14.5 Å². The van der Waals surface area contributed by atoms with E-state index in [1.54, 1.807) is 43.3 Å². The Labute approximate surface area is 214 Å². The lowest BCUT2D eigenvalue weighted by molar-refractivity contribution is -0.132. The van der Waals surface area contributed by atoms with Gasteiger partial charge in [0, 0.05) is 11.6 Å². The predicted molar refractivity (Wildman–Crippen MR) is 134 cm³/mol. The number of nitrogens with zero attached hydrogens (tertiary/aromatic N) is 2. The van der Waals surface area contributed by atoms with E-state index in [0.29, 0.717) is 39.9 Å². The Balaban J connectivity index is 1.94. The molecule has 0 bridgehead atoms. The van der Waals surface area contributed by atoms with Gasteiger partial charge < -0.3 is 28.6 Å². The first kappa shape index (κ1) is 25.6. The van der Waals surface area contributed by atoms with E-state index in [2.05, 4.69) is 5.16 Å². The molecule has 1 N–H and O–H groups in total. The van der Waals surface area contributed by atoms with Crippen LogP contribution in [0.5, 0.6) is 23.0 Å². The maximum atomic E-state index is 13.4. The van der Waals surface area contributed by atoms with Crippen molar-refractivity contribution >= 4 is 23.3 Å². The van der Waals surface area contributed by atoms with Crippen LogP contribution in [0.3, 0.4) is 0 Å². The topological polar surface area (TPSA) is 121 Å². The fourth-order valence-corrected chi connectivity index (χ4v) is 4.23. The quantitative estimate of drug-likeness (QED) is 0.268. The Bertz CT molecular complexity index is 1330. The summed E-state index contributed by atoms with van der Waals surface area (Å²) in [7, 11) is 4.39. The van der Waals surface area contributed by atoms with Crippen LogP contribution in [0.25, 0.3) is 5.76 Å². The molecule has 0 aliphatic carbocycles. The smallest absolute Gasteiger partial charge is 0.301 e. The van der Waals surface area contributed by atoms with E-state index in [0.717, 1.165) is 0 Å². The summed E-state index contributed by atoms with van der Waals surface area (Å²) in [6.07, 6.45) is -0.0317. The third kappa shape index (κ3) is 4.69. The number of Topliss-reactive ketones (excluding diaryl/α,β-unsaturated/α-hetero) is 1. The molecule has 1 fully saturated rings. The molecule has 10 nitrogen and oxygen atoms in total. The van der Waals surface area contributed by atoms with Crippen LogP contribution in [0.2, 0.25) is 0 Å². The number of hydrogen-bond acceptors (Lipinski definition) is 9. The average molecular weight is 509 g/mol. The van der Waals surface area contributed by atoms with Crippen LogP contribution in [-0.2, 0) is 9.59 Å². The molecule has 194 valence electrons. The van der Waals surface area contributed by atoms with Gasteiger partial charge in [0.25, 0.3) is 5.78 Å². The summed E-state index contributed by atoms with van der Waals surface area (Å²) in [6, 6.07) is 10.3. The average Bonchev–Trinajstić information content (AvgIpc) is 3.42. The van der Waals surface area contributed by atoms with Crippen LogP contribution >= 0.6 is 0 Å². The summed E-state index contributed by atoms with van der Waals surface area (Å²) in [5.74, 6) is 0.0425. The summed E-state index contributed by atoms with van der Waals surface area (Å²) in [5.41, 5.74) is 0.635. The van der Waals surface area contributed by atoms with Gasteiger partial charge in [-0.05, 0) is 62.7 Å². The number of ketones is 1. The molecule has 1 aliphatic rings. The number of aliphatic hydroxyl groups excluding tert-OH is 1. The Morgan fingerprint density at radius 2 is 1.62 bits per heavy atom. The maximum Gasteiger partial charge on any atom is 0.301 e. The van der Waals surface area contributed by atoms with Crippen molar-refractivity contribution in [3.8, 4) is 23.0 Å². The molecule has 2 aromatic carbocycles. The van der Waals surface area contributed by atoms with Crippen LogP contribution in [0.15, 0.2) is 52.6 Å². The molecule has 0 saturated carbocycles. The number of rotatable bonds is 8. The summed E-state index contributed by atoms with van der Waals surface area (Å²) < 4.78 is 27.2. The van der Waals surface area contributed by atoms with Crippen molar-refractivity contribution in [2.24, 2.45) is 0 Å². The minimum absolute atomic E-state index is 0.0317. The standard InChI is InChI=1S/C27H28N2O8/c1-14(2)36-18-9-7-16(8-10-18)24(30)22-23(17-12-19(33-4)26(35-6)20(13-17)34-5)29(27(32)25(22)31)21-11-15(3)37-28-21/h7-14,23,30H,1-6H3/t23-/m0/s1. The van der Waals surface area contributed by atoms with E-state index in [1.807, 2.05) is 13.8 Å². The van der Waals surface area contributed by atoms with Crippen LogP contribution in [0, 0.1) is 6.92 Å². The molecule has 2 heterocycles. The maximum absolute atomic E-state index is 13.4. The molecule has 3 aromatic rings. The monoisotopic (exact) mass is 508 g/mol. The molecular formula is C27H28N2O8. The largest absolute Gasteiger partial charge is 0.507 e. The third-order valence-electron chi connectivity index (χ3n) is 5.81. The van der Waals surface area contributed by atoms with Gasteiger partial charge in [-0.2, -0.15) is 0 Å². The van der Waals surface area contributed by atoms with Gasteiger partial charge in [-0.25, -0.2) is 0 Å². The van der Waals surface area contributed by atoms with Gasteiger partial charge in [0.2, 0.25) is 5.75 Å². The van der Waals surface area contributed by atoms with E-state index in [1.165, 1.54) is 32.3 Å². The van der Waals surface area contributed by atoms with Crippen molar-refractivity contribution in [3.63, 3.8) is 0 Å². The minimum Gasteiger partial charge on any atom is -0.507 e. The fourth-order valence-electron chi connectivity index (χ4n) is 4.23. The molecule has 37 heavy (non-hydrogen) atoms. The summed E-state index contributed by atoms with van der Waals surface area (Å²) in [6.45, 7) is 5.47. The molecule has 0 unspecified atom stereocenters. The first-order chi connectivity index (χ1) is 17.7. The van der Waals surface area contributed by atoms with Gasteiger partial charge in [0.05, 0.1) is 39.0 Å².